The number of piperidine rings is 1. The molecule has 1 rings (SSSR count). The molecule has 0 bridgehead atoms. The van der Waals surface area contributed by atoms with Gasteiger partial charge in [0.2, 0.25) is 0 Å². The molecular formula is C17H38N2. The lowest BCUT2D eigenvalue weighted by atomic mass is 9.90. The van der Waals surface area contributed by atoms with E-state index in [1.165, 1.54) is 77.4 Å². The Kier molecular flexibility index (Phi) is 11.7. The Balaban J connectivity index is 0.000000356. The van der Waals surface area contributed by atoms with Crippen LogP contribution in [-0.4, -0.2) is 30.1 Å². The summed E-state index contributed by atoms with van der Waals surface area (Å²) in [5.74, 6) is 0. The first kappa shape index (κ1) is 18.9. The molecule has 1 saturated heterocycles. The van der Waals surface area contributed by atoms with Crippen LogP contribution in [0.15, 0.2) is 0 Å². The molecule has 0 aromatic carbocycles. The van der Waals surface area contributed by atoms with E-state index in [2.05, 4.69) is 32.6 Å². The second-order valence-corrected chi connectivity index (χ2v) is 6.36. The maximum atomic E-state index is 6.09. The highest BCUT2D eigenvalue weighted by atomic mass is 15.1. The van der Waals surface area contributed by atoms with Gasteiger partial charge in [0.15, 0.2) is 0 Å². The molecule has 0 amide bonds. The zero-order chi connectivity index (χ0) is 14.6. The van der Waals surface area contributed by atoms with Crippen LogP contribution in [0.2, 0.25) is 0 Å². The highest BCUT2D eigenvalue weighted by Crippen LogP contribution is 2.17. The molecule has 0 saturated carbocycles. The van der Waals surface area contributed by atoms with Crippen LogP contribution in [0.4, 0.5) is 0 Å². The Morgan fingerprint density at radius 3 is 1.68 bits per heavy atom. The molecule has 1 aliphatic rings. The fourth-order valence-electron chi connectivity index (χ4n) is 2.56. The van der Waals surface area contributed by atoms with Gasteiger partial charge >= 0.3 is 0 Å². The quantitative estimate of drug-likeness (QED) is 0.734. The molecule has 0 aliphatic carbocycles. The summed E-state index contributed by atoms with van der Waals surface area (Å²) in [5, 5.41) is 0. The Bertz CT molecular complexity index is 174. The van der Waals surface area contributed by atoms with E-state index >= 15 is 0 Å². The molecule has 1 aliphatic heterocycles. The molecule has 2 heteroatoms. The third-order valence-electron chi connectivity index (χ3n) is 4.10. The monoisotopic (exact) mass is 270 g/mol. The number of nitrogens with two attached hydrogens (primary N) is 1. The highest BCUT2D eigenvalue weighted by molar-refractivity contribution is 4.77. The summed E-state index contributed by atoms with van der Waals surface area (Å²) < 4.78 is 0. The minimum Gasteiger partial charge on any atom is -0.325 e. The van der Waals surface area contributed by atoms with Crippen molar-refractivity contribution in [3.63, 3.8) is 0 Å². The van der Waals surface area contributed by atoms with E-state index in [-0.39, 0.29) is 5.54 Å². The van der Waals surface area contributed by atoms with Gasteiger partial charge in [0.1, 0.15) is 0 Å². The number of rotatable bonds is 7. The van der Waals surface area contributed by atoms with Crippen LogP contribution in [0.25, 0.3) is 0 Å². The molecule has 1 fully saturated rings. The standard InChI is InChI=1S/C10H23N.C7H15N/c1-4-6-8-10(3,11)9-7-5-2;1-2-8-6-4-3-5-7-8/h4-9,11H2,1-3H3;2-7H2,1H3. The van der Waals surface area contributed by atoms with E-state index < -0.39 is 0 Å². The van der Waals surface area contributed by atoms with E-state index in [1.54, 1.807) is 0 Å². The van der Waals surface area contributed by atoms with Crippen molar-refractivity contribution < 1.29 is 0 Å². The van der Waals surface area contributed by atoms with Crippen LogP contribution in [-0.2, 0) is 0 Å². The molecule has 19 heavy (non-hydrogen) atoms. The van der Waals surface area contributed by atoms with Gasteiger partial charge in [-0.15, -0.1) is 0 Å². The second kappa shape index (κ2) is 11.7. The predicted octanol–water partition coefficient (Wildman–Crippen LogP) is 4.58. The average molecular weight is 271 g/mol. The van der Waals surface area contributed by atoms with Crippen molar-refractivity contribution in [1.82, 2.24) is 4.90 Å². The third-order valence-corrected chi connectivity index (χ3v) is 4.10. The zero-order valence-electron chi connectivity index (χ0n) is 14.0. The van der Waals surface area contributed by atoms with Crippen LogP contribution >= 0.6 is 0 Å². The van der Waals surface area contributed by atoms with E-state index in [0.29, 0.717) is 0 Å². The lowest BCUT2D eigenvalue weighted by molar-refractivity contribution is 0.240. The summed E-state index contributed by atoms with van der Waals surface area (Å²) in [4.78, 5) is 2.52. The molecule has 2 nitrogen and oxygen atoms in total. The Morgan fingerprint density at radius 2 is 1.37 bits per heavy atom. The molecular weight excluding hydrogens is 232 g/mol. The van der Waals surface area contributed by atoms with E-state index in [9.17, 15) is 0 Å². The number of likely N-dealkylation sites (tertiary alicyclic amines) is 1. The van der Waals surface area contributed by atoms with Crippen molar-refractivity contribution >= 4 is 0 Å². The van der Waals surface area contributed by atoms with Crippen LogP contribution in [0, 0.1) is 0 Å². The smallest absolute Gasteiger partial charge is 0.0125 e. The second-order valence-electron chi connectivity index (χ2n) is 6.36. The topological polar surface area (TPSA) is 29.3 Å². The first-order valence-electron chi connectivity index (χ1n) is 8.57. The Labute approximate surface area is 122 Å². The summed E-state index contributed by atoms with van der Waals surface area (Å²) in [7, 11) is 0. The van der Waals surface area contributed by atoms with Gasteiger partial charge in [0, 0.05) is 5.54 Å². The predicted molar refractivity (Wildman–Crippen MR) is 87.6 cm³/mol. The maximum absolute atomic E-state index is 6.09. The molecule has 0 radical (unpaired) electrons. The normalized spacial score (nSPS) is 16.9. The summed E-state index contributed by atoms with van der Waals surface area (Å²) in [6.45, 7) is 12.8. The highest BCUT2D eigenvalue weighted by Gasteiger charge is 2.15. The molecule has 1 heterocycles. The summed E-state index contributed by atoms with van der Waals surface area (Å²) >= 11 is 0. The van der Waals surface area contributed by atoms with Crippen molar-refractivity contribution in [2.45, 2.75) is 91.0 Å². The minimum absolute atomic E-state index is 0.103. The van der Waals surface area contributed by atoms with Crippen LogP contribution in [0.3, 0.4) is 0 Å². The van der Waals surface area contributed by atoms with Crippen molar-refractivity contribution in [1.29, 1.82) is 0 Å². The summed E-state index contributed by atoms with van der Waals surface area (Å²) in [6.07, 6.45) is 11.7. The minimum atomic E-state index is 0.103. The molecule has 0 aromatic heterocycles. The van der Waals surface area contributed by atoms with Gasteiger partial charge in [-0.05, 0) is 52.2 Å². The van der Waals surface area contributed by atoms with Gasteiger partial charge in [0.25, 0.3) is 0 Å². The number of hydrogen-bond acceptors (Lipinski definition) is 2. The van der Waals surface area contributed by atoms with Crippen LogP contribution in [0.1, 0.15) is 85.5 Å². The van der Waals surface area contributed by atoms with Gasteiger partial charge < -0.3 is 10.6 Å². The van der Waals surface area contributed by atoms with Gasteiger partial charge in [-0.1, -0.05) is 52.9 Å². The fraction of sp³-hybridized carbons (Fsp3) is 1.00. The number of unbranched alkanes of at least 4 members (excludes halogenated alkanes) is 2. The maximum Gasteiger partial charge on any atom is 0.0125 e. The molecule has 116 valence electrons. The van der Waals surface area contributed by atoms with E-state index in [0.717, 1.165) is 0 Å². The van der Waals surface area contributed by atoms with E-state index in [4.69, 9.17) is 5.73 Å². The van der Waals surface area contributed by atoms with Gasteiger partial charge in [-0.25, -0.2) is 0 Å². The van der Waals surface area contributed by atoms with Gasteiger partial charge in [-0.2, -0.15) is 0 Å². The average Bonchev–Trinajstić information content (AvgIpc) is 2.45. The van der Waals surface area contributed by atoms with Crippen molar-refractivity contribution in [2.24, 2.45) is 5.73 Å². The summed E-state index contributed by atoms with van der Waals surface area (Å²) in [5.41, 5.74) is 6.19. The van der Waals surface area contributed by atoms with Crippen LogP contribution < -0.4 is 5.73 Å². The fourth-order valence-corrected chi connectivity index (χ4v) is 2.56. The first-order valence-corrected chi connectivity index (χ1v) is 8.57. The largest absolute Gasteiger partial charge is 0.325 e. The molecule has 0 atom stereocenters. The molecule has 0 unspecified atom stereocenters. The lowest BCUT2D eigenvalue weighted by Gasteiger charge is -2.24. The van der Waals surface area contributed by atoms with Crippen molar-refractivity contribution in [3.05, 3.63) is 0 Å². The summed E-state index contributed by atoms with van der Waals surface area (Å²) in [6, 6.07) is 0. The Morgan fingerprint density at radius 1 is 0.895 bits per heavy atom. The molecule has 2 N–H and O–H groups in total. The number of hydrogen-bond donors (Lipinski definition) is 1. The molecule has 0 spiro atoms. The van der Waals surface area contributed by atoms with Gasteiger partial charge in [-0.3, -0.25) is 0 Å². The Hall–Kier alpha value is -0.0800. The SMILES string of the molecule is CCCCC(C)(N)CCCC.CCN1CCCCC1. The van der Waals surface area contributed by atoms with E-state index in [1.807, 2.05) is 0 Å². The van der Waals surface area contributed by atoms with Crippen molar-refractivity contribution in [2.75, 3.05) is 19.6 Å². The van der Waals surface area contributed by atoms with Gasteiger partial charge in [0.05, 0.1) is 0 Å². The lowest BCUT2D eigenvalue weighted by Crippen LogP contribution is -2.35. The van der Waals surface area contributed by atoms with Crippen molar-refractivity contribution in [3.8, 4) is 0 Å². The molecule has 0 aromatic rings. The third kappa shape index (κ3) is 11.4. The van der Waals surface area contributed by atoms with Crippen LogP contribution in [0.5, 0.6) is 0 Å². The zero-order valence-corrected chi connectivity index (χ0v) is 14.0. The first-order chi connectivity index (χ1) is 9.05. The number of nitrogens with zero attached hydrogens (tertiary/aromatic N) is 1.